The van der Waals surface area contributed by atoms with E-state index < -0.39 is 6.04 Å². The molecule has 2 heterocycles. The molecule has 2 rings (SSSR count). The summed E-state index contributed by atoms with van der Waals surface area (Å²) < 4.78 is 5.88. The number of ether oxygens (including phenoxy) is 1. The van der Waals surface area contributed by atoms with Crippen LogP contribution in [0.25, 0.3) is 0 Å². The van der Waals surface area contributed by atoms with Gasteiger partial charge in [0.15, 0.2) is 0 Å². The number of rotatable bonds is 5. The van der Waals surface area contributed by atoms with Crippen LogP contribution in [0.15, 0.2) is 18.3 Å². The molecule has 7 nitrogen and oxygen atoms in total. The van der Waals surface area contributed by atoms with Crippen molar-refractivity contribution in [1.82, 2.24) is 14.8 Å². The molecule has 0 bridgehead atoms. The van der Waals surface area contributed by atoms with Crippen LogP contribution in [0.4, 0.5) is 0 Å². The zero-order chi connectivity index (χ0) is 18.6. The van der Waals surface area contributed by atoms with Gasteiger partial charge in [-0.1, -0.05) is 13.8 Å². The molecular weight excluding hydrogens is 320 g/mol. The van der Waals surface area contributed by atoms with E-state index >= 15 is 0 Å². The average Bonchev–Trinajstić information content (AvgIpc) is 2.61. The van der Waals surface area contributed by atoms with Gasteiger partial charge in [0.05, 0.1) is 11.6 Å². The number of nitrogens with zero attached hydrogens (tertiary/aromatic N) is 3. The average molecular weight is 348 g/mol. The molecule has 0 aromatic carbocycles. The molecule has 7 heteroatoms. The van der Waals surface area contributed by atoms with Crippen molar-refractivity contribution in [3.63, 3.8) is 0 Å². The number of carbonyl (C=O) groups excluding carboxylic acids is 2. The van der Waals surface area contributed by atoms with E-state index in [2.05, 4.69) is 4.98 Å². The van der Waals surface area contributed by atoms with Gasteiger partial charge in [0.1, 0.15) is 6.10 Å². The fourth-order valence-corrected chi connectivity index (χ4v) is 2.70. The number of carbonyl (C=O) groups is 2. The molecule has 0 aliphatic carbocycles. The van der Waals surface area contributed by atoms with Crippen LogP contribution in [0.3, 0.4) is 0 Å². The minimum atomic E-state index is -0.444. The number of likely N-dealkylation sites (tertiary alicyclic amines) is 1. The lowest BCUT2D eigenvalue weighted by atomic mass is 10.0. The van der Waals surface area contributed by atoms with Gasteiger partial charge in [-0.3, -0.25) is 9.59 Å². The van der Waals surface area contributed by atoms with E-state index in [0.29, 0.717) is 24.5 Å². The molecule has 1 aromatic heterocycles. The minimum Gasteiger partial charge on any atom is -0.474 e. The van der Waals surface area contributed by atoms with Crippen molar-refractivity contribution in [3.8, 4) is 5.88 Å². The molecule has 1 aliphatic heterocycles. The molecule has 1 aromatic rings. The van der Waals surface area contributed by atoms with Crippen LogP contribution in [0, 0.1) is 5.92 Å². The number of hydrogen-bond acceptors (Lipinski definition) is 5. The molecule has 1 atom stereocenters. The monoisotopic (exact) mass is 348 g/mol. The summed E-state index contributed by atoms with van der Waals surface area (Å²) in [5.74, 6) is 0.554. The third-order valence-electron chi connectivity index (χ3n) is 4.43. The quantitative estimate of drug-likeness (QED) is 0.862. The Hall–Kier alpha value is -2.15. The molecule has 2 amide bonds. The van der Waals surface area contributed by atoms with Crippen LogP contribution >= 0.6 is 0 Å². The Morgan fingerprint density at radius 1 is 1.28 bits per heavy atom. The van der Waals surface area contributed by atoms with Crippen molar-refractivity contribution in [3.05, 3.63) is 23.9 Å². The highest BCUT2D eigenvalue weighted by Crippen LogP contribution is 2.19. The lowest BCUT2D eigenvalue weighted by Gasteiger charge is -2.34. The maximum Gasteiger partial charge on any atom is 0.254 e. The second-order valence-corrected chi connectivity index (χ2v) is 7.00. The third-order valence-corrected chi connectivity index (χ3v) is 4.43. The van der Waals surface area contributed by atoms with E-state index in [4.69, 9.17) is 10.5 Å². The first-order valence-electron chi connectivity index (χ1n) is 8.68. The Labute approximate surface area is 149 Å². The summed E-state index contributed by atoms with van der Waals surface area (Å²) in [6.07, 6.45) is 3.04. The summed E-state index contributed by atoms with van der Waals surface area (Å²) in [7, 11) is 3.40. The Kier molecular flexibility index (Phi) is 6.36. The summed E-state index contributed by atoms with van der Waals surface area (Å²) in [6, 6.07) is 2.98. The first-order valence-corrected chi connectivity index (χ1v) is 8.68. The molecule has 25 heavy (non-hydrogen) atoms. The number of amides is 2. The Bertz CT molecular complexity index is 593. The SMILES string of the molecule is CC(C)[C@H](N)C(=O)N1CCC(Oc2ccc(C(=O)N(C)C)cn2)CC1. The number of hydrogen-bond donors (Lipinski definition) is 1. The number of pyridine rings is 1. The second-order valence-electron chi connectivity index (χ2n) is 7.00. The third kappa shape index (κ3) is 4.92. The van der Waals surface area contributed by atoms with Crippen LogP contribution in [0.2, 0.25) is 0 Å². The van der Waals surface area contributed by atoms with Crippen molar-refractivity contribution in [1.29, 1.82) is 0 Å². The number of aromatic nitrogens is 1. The normalized spacial score (nSPS) is 16.6. The van der Waals surface area contributed by atoms with Gasteiger partial charge in [-0.2, -0.15) is 0 Å². The molecular formula is C18H28N4O3. The van der Waals surface area contributed by atoms with Crippen LogP contribution in [-0.4, -0.2) is 65.9 Å². The summed E-state index contributed by atoms with van der Waals surface area (Å²) in [5.41, 5.74) is 6.47. The lowest BCUT2D eigenvalue weighted by Crippen LogP contribution is -2.50. The fourth-order valence-electron chi connectivity index (χ4n) is 2.70. The molecule has 138 valence electrons. The zero-order valence-corrected chi connectivity index (χ0v) is 15.4. The van der Waals surface area contributed by atoms with Crippen molar-refractivity contribution < 1.29 is 14.3 Å². The molecule has 0 unspecified atom stereocenters. The molecule has 1 aliphatic rings. The second kappa shape index (κ2) is 8.29. The number of piperidine rings is 1. The highest BCUT2D eigenvalue weighted by atomic mass is 16.5. The maximum atomic E-state index is 12.3. The van der Waals surface area contributed by atoms with Crippen molar-refractivity contribution in [2.24, 2.45) is 11.7 Å². The molecule has 0 spiro atoms. The summed E-state index contributed by atoms with van der Waals surface area (Å²) in [6.45, 7) is 5.19. The largest absolute Gasteiger partial charge is 0.474 e. The van der Waals surface area contributed by atoms with Crippen LogP contribution in [-0.2, 0) is 4.79 Å². The first-order chi connectivity index (χ1) is 11.8. The van der Waals surface area contributed by atoms with E-state index in [1.807, 2.05) is 18.7 Å². The van der Waals surface area contributed by atoms with Crippen molar-refractivity contribution in [2.75, 3.05) is 27.2 Å². The van der Waals surface area contributed by atoms with Crippen LogP contribution in [0.5, 0.6) is 5.88 Å². The summed E-state index contributed by atoms with van der Waals surface area (Å²) in [4.78, 5) is 31.7. The Morgan fingerprint density at radius 2 is 1.92 bits per heavy atom. The smallest absolute Gasteiger partial charge is 0.254 e. The molecule has 0 radical (unpaired) electrons. The van der Waals surface area contributed by atoms with Gasteiger partial charge in [-0.05, 0) is 12.0 Å². The van der Waals surface area contributed by atoms with E-state index in [1.165, 1.54) is 11.1 Å². The highest BCUT2D eigenvalue weighted by Gasteiger charge is 2.28. The van der Waals surface area contributed by atoms with E-state index in [1.54, 1.807) is 26.2 Å². The van der Waals surface area contributed by atoms with E-state index in [9.17, 15) is 9.59 Å². The standard InChI is InChI=1S/C18H28N4O3/c1-12(2)16(19)18(24)22-9-7-14(8-10-22)25-15-6-5-13(11-20-15)17(23)21(3)4/h5-6,11-12,14,16H,7-10,19H2,1-4H3/t16-/m0/s1. The number of nitrogens with two attached hydrogens (primary N) is 1. The predicted molar refractivity (Wildman–Crippen MR) is 95.3 cm³/mol. The van der Waals surface area contributed by atoms with Gasteiger partial charge in [-0.15, -0.1) is 0 Å². The van der Waals surface area contributed by atoms with Gasteiger partial charge < -0.3 is 20.3 Å². The molecule has 1 fully saturated rings. The van der Waals surface area contributed by atoms with E-state index in [-0.39, 0.29) is 23.8 Å². The van der Waals surface area contributed by atoms with Gasteiger partial charge in [0, 0.05) is 52.3 Å². The van der Waals surface area contributed by atoms with Crippen molar-refractivity contribution in [2.45, 2.75) is 38.8 Å². The summed E-state index contributed by atoms with van der Waals surface area (Å²) >= 11 is 0. The van der Waals surface area contributed by atoms with Crippen LogP contribution < -0.4 is 10.5 Å². The molecule has 2 N–H and O–H groups in total. The Balaban J connectivity index is 1.86. The highest BCUT2D eigenvalue weighted by molar-refractivity contribution is 5.93. The lowest BCUT2D eigenvalue weighted by molar-refractivity contribution is -0.135. The zero-order valence-electron chi connectivity index (χ0n) is 15.4. The van der Waals surface area contributed by atoms with Gasteiger partial charge in [0.25, 0.3) is 5.91 Å². The maximum absolute atomic E-state index is 12.3. The first kappa shape index (κ1) is 19.2. The minimum absolute atomic E-state index is 0.0122. The van der Waals surface area contributed by atoms with Crippen molar-refractivity contribution >= 4 is 11.8 Å². The van der Waals surface area contributed by atoms with Gasteiger partial charge in [0.2, 0.25) is 11.8 Å². The predicted octanol–water partition coefficient (Wildman–Crippen LogP) is 1.14. The fraction of sp³-hybridized carbons (Fsp3) is 0.611. The van der Waals surface area contributed by atoms with Gasteiger partial charge >= 0.3 is 0 Å². The Morgan fingerprint density at radius 3 is 2.40 bits per heavy atom. The summed E-state index contributed by atoms with van der Waals surface area (Å²) in [5, 5.41) is 0. The molecule has 1 saturated heterocycles. The van der Waals surface area contributed by atoms with E-state index in [0.717, 1.165) is 12.8 Å². The topological polar surface area (TPSA) is 88.8 Å². The van der Waals surface area contributed by atoms with Gasteiger partial charge in [-0.25, -0.2) is 4.98 Å². The van der Waals surface area contributed by atoms with Crippen LogP contribution in [0.1, 0.15) is 37.0 Å². The molecule has 0 saturated carbocycles.